The molecular weight excluding hydrogens is 547 g/mol. The van der Waals surface area contributed by atoms with Crippen molar-refractivity contribution in [3.05, 3.63) is 98.8 Å². The van der Waals surface area contributed by atoms with Crippen molar-refractivity contribution in [2.24, 2.45) is 0 Å². The van der Waals surface area contributed by atoms with Crippen LogP contribution >= 0.6 is 0 Å². The molecule has 0 spiro atoms. The van der Waals surface area contributed by atoms with Crippen LogP contribution in [0.15, 0.2) is 59.6 Å². The number of nitrogens with one attached hydrogen (secondary N) is 1. The van der Waals surface area contributed by atoms with Gasteiger partial charge in [-0.25, -0.2) is 9.37 Å². The SMILES string of the molecule is C=C1OCc2c(cc3n(c2=O)Cc2c-3nc3cc(F)c(OCc4ccc(NC(C)C)cc4)cc3c2CN(C)C)[C@@]1(O)CC. The fourth-order valence-electron chi connectivity index (χ4n) is 6.08. The molecule has 0 unspecified atom stereocenters. The van der Waals surface area contributed by atoms with Crippen molar-refractivity contribution < 1.29 is 19.0 Å². The number of anilines is 1. The Morgan fingerprint density at radius 1 is 1.21 bits per heavy atom. The third-order valence-electron chi connectivity index (χ3n) is 8.30. The highest BCUT2D eigenvalue weighted by Crippen LogP contribution is 2.43. The Hall–Kier alpha value is -4.21. The lowest BCUT2D eigenvalue weighted by Gasteiger charge is -2.35. The van der Waals surface area contributed by atoms with Gasteiger partial charge >= 0.3 is 0 Å². The molecule has 0 fully saturated rings. The Morgan fingerprint density at radius 3 is 2.63 bits per heavy atom. The number of benzene rings is 2. The van der Waals surface area contributed by atoms with Gasteiger partial charge in [-0.2, -0.15) is 0 Å². The topological polar surface area (TPSA) is 88.9 Å². The minimum absolute atomic E-state index is 0.0504. The third kappa shape index (κ3) is 4.96. The van der Waals surface area contributed by atoms with Crippen LogP contribution in [0.1, 0.15) is 55.0 Å². The first kappa shape index (κ1) is 28.9. The number of nitrogens with zero attached hydrogens (tertiary/aromatic N) is 3. The molecular formula is C34H37FN4O4. The lowest BCUT2D eigenvalue weighted by Crippen LogP contribution is -2.38. The molecule has 0 aliphatic carbocycles. The molecule has 0 saturated heterocycles. The maximum Gasteiger partial charge on any atom is 0.258 e. The van der Waals surface area contributed by atoms with Crippen LogP contribution in [0.3, 0.4) is 0 Å². The molecule has 224 valence electrons. The van der Waals surface area contributed by atoms with E-state index in [1.165, 1.54) is 6.07 Å². The van der Waals surface area contributed by atoms with Crippen LogP contribution in [-0.2, 0) is 36.6 Å². The van der Waals surface area contributed by atoms with Crippen molar-refractivity contribution >= 4 is 16.6 Å². The summed E-state index contributed by atoms with van der Waals surface area (Å²) in [5.74, 6) is -0.142. The number of halogens is 1. The third-order valence-corrected chi connectivity index (χ3v) is 8.30. The Balaban J connectivity index is 1.42. The van der Waals surface area contributed by atoms with Gasteiger partial charge in [0.25, 0.3) is 5.56 Å². The summed E-state index contributed by atoms with van der Waals surface area (Å²) in [7, 11) is 3.93. The van der Waals surface area contributed by atoms with Crippen LogP contribution in [-0.4, -0.2) is 39.7 Å². The maximum absolute atomic E-state index is 15.5. The quantitative estimate of drug-likeness (QED) is 0.243. The number of ether oxygens (including phenoxy) is 2. The van der Waals surface area contributed by atoms with E-state index in [4.69, 9.17) is 14.5 Å². The van der Waals surface area contributed by atoms with E-state index >= 15 is 4.39 Å². The Morgan fingerprint density at radius 2 is 1.95 bits per heavy atom. The van der Waals surface area contributed by atoms with Crippen LogP contribution in [0.4, 0.5) is 10.1 Å². The van der Waals surface area contributed by atoms with Crippen molar-refractivity contribution in [2.45, 2.75) is 65.1 Å². The second-order valence-corrected chi connectivity index (χ2v) is 12.0. The average Bonchev–Trinajstić information content (AvgIpc) is 3.33. The number of pyridine rings is 2. The summed E-state index contributed by atoms with van der Waals surface area (Å²) in [6.45, 7) is 11.0. The summed E-state index contributed by atoms with van der Waals surface area (Å²) in [6, 6.07) is 13.2. The van der Waals surface area contributed by atoms with Gasteiger partial charge in [0.05, 0.1) is 29.0 Å². The van der Waals surface area contributed by atoms with E-state index in [0.29, 0.717) is 53.6 Å². The van der Waals surface area contributed by atoms with E-state index in [1.807, 2.05) is 56.3 Å². The zero-order valence-corrected chi connectivity index (χ0v) is 25.3. The molecule has 43 heavy (non-hydrogen) atoms. The Kier molecular flexibility index (Phi) is 7.26. The van der Waals surface area contributed by atoms with Crippen molar-refractivity contribution in [1.29, 1.82) is 0 Å². The first-order valence-electron chi connectivity index (χ1n) is 14.6. The van der Waals surface area contributed by atoms with Gasteiger partial charge in [-0.1, -0.05) is 25.6 Å². The molecule has 8 nitrogen and oxygen atoms in total. The van der Waals surface area contributed by atoms with Gasteiger partial charge in [-0.15, -0.1) is 0 Å². The molecule has 0 amide bonds. The average molecular weight is 585 g/mol. The Labute approximate surface area is 250 Å². The smallest absolute Gasteiger partial charge is 0.258 e. The van der Waals surface area contributed by atoms with Crippen molar-refractivity contribution in [1.82, 2.24) is 14.5 Å². The number of fused-ring (bicyclic) bond motifs is 5. The lowest BCUT2D eigenvalue weighted by atomic mass is 9.84. The number of hydrogen-bond acceptors (Lipinski definition) is 7. The van der Waals surface area contributed by atoms with Crippen molar-refractivity contribution in [3.8, 4) is 17.1 Å². The molecule has 2 N–H and O–H groups in total. The molecule has 0 saturated carbocycles. The lowest BCUT2D eigenvalue weighted by molar-refractivity contribution is -0.0172. The molecule has 2 aliphatic rings. The number of aliphatic hydroxyl groups is 1. The number of hydrogen-bond donors (Lipinski definition) is 2. The minimum Gasteiger partial charge on any atom is -0.490 e. The standard InChI is InChI=1S/C34H37FN4O4/c1-7-34(41)20(4)42-18-26-27(34)13-30-32-25(16-39(30)33(26)40)24(15-38(5)6)23-12-31(28(35)14-29(23)37-32)43-17-21-8-10-22(11-9-21)36-19(2)3/h8-14,19,36,41H,4,7,15-18H2,1-3,5-6H3/t34-/m1/s1. The molecule has 0 bridgehead atoms. The molecule has 0 radical (unpaired) electrons. The van der Waals surface area contributed by atoms with Gasteiger partial charge in [0.15, 0.2) is 11.6 Å². The molecule has 1 atom stereocenters. The highest BCUT2D eigenvalue weighted by Gasteiger charge is 2.41. The van der Waals surface area contributed by atoms with E-state index in [-0.39, 0.29) is 30.3 Å². The fourth-order valence-corrected chi connectivity index (χ4v) is 6.08. The number of aromatic nitrogens is 2. The maximum atomic E-state index is 15.5. The van der Waals surface area contributed by atoms with Crippen molar-refractivity contribution in [2.75, 3.05) is 19.4 Å². The minimum atomic E-state index is -1.47. The van der Waals surface area contributed by atoms with Gasteiger partial charge in [0, 0.05) is 40.9 Å². The molecule has 2 aromatic heterocycles. The molecule has 4 heterocycles. The zero-order valence-electron chi connectivity index (χ0n) is 25.3. The largest absolute Gasteiger partial charge is 0.490 e. The summed E-state index contributed by atoms with van der Waals surface area (Å²) in [6.07, 6.45) is 0.304. The van der Waals surface area contributed by atoms with Gasteiger partial charge in [-0.05, 0) is 69.8 Å². The molecule has 9 heteroatoms. The van der Waals surface area contributed by atoms with E-state index < -0.39 is 11.4 Å². The van der Waals surface area contributed by atoms with Gasteiger partial charge in [0.2, 0.25) is 0 Å². The predicted octanol–water partition coefficient (Wildman–Crippen LogP) is 5.67. The van der Waals surface area contributed by atoms with Gasteiger partial charge in [0.1, 0.15) is 24.6 Å². The summed E-state index contributed by atoms with van der Waals surface area (Å²) < 4.78 is 28.7. The number of rotatable bonds is 8. The predicted molar refractivity (Wildman–Crippen MR) is 166 cm³/mol. The highest BCUT2D eigenvalue weighted by atomic mass is 19.1. The second-order valence-electron chi connectivity index (χ2n) is 12.0. The van der Waals surface area contributed by atoms with E-state index in [2.05, 4.69) is 25.7 Å². The summed E-state index contributed by atoms with van der Waals surface area (Å²) >= 11 is 0. The first-order valence-corrected chi connectivity index (χ1v) is 14.6. The van der Waals surface area contributed by atoms with Crippen LogP contribution in [0, 0.1) is 5.82 Å². The first-order chi connectivity index (χ1) is 20.5. The van der Waals surface area contributed by atoms with Gasteiger partial charge < -0.3 is 29.4 Å². The molecule has 4 aromatic rings. The second kappa shape index (κ2) is 10.8. The molecule has 2 aromatic carbocycles. The normalized spacial score (nSPS) is 17.2. The van der Waals surface area contributed by atoms with Crippen LogP contribution in [0.25, 0.3) is 22.3 Å². The molecule has 2 aliphatic heterocycles. The van der Waals surface area contributed by atoms with Crippen LogP contribution in [0.2, 0.25) is 0 Å². The summed E-state index contributed by atoms with van der Waals surface area (Å²) in [5, 5.41) is 15.6. The summed E-state index contributed by atoms with van der Waals surface area (Å²) in [5.41, 5.74) is 4.68. The van der Waals surface area contributed by atoms with Crippen LogP contribution in [0.5, 0.6) is 5.75 Å². The Bertz CT molecular complexity index is 1810. The monoisotopic (exact) mass is 584 g/mol. The fraction of sp³-hybridized carbons (Fsp3) is 0.353. The summed E-state index contributed by atoms with van der Waals surface area (Å²) in [4.78, 5) is 20.7. The van der Waals surface area contributed by atoms with Crippen molar-refractivity contribution in [3.63, 3.8) is 0 Å². The van der Waals surface area contributed by atoms with E-state index in [9.17, 15) is 9.90 Å². The van der Waals surface area contributed by atoms with Crippen LogP contribution < -0.4 is 15.6 Å². The zero-order chi connectivity index (χ0) is 30.6. The molecule has 6 rings (SSSR count). The van der Waals surface area contributed by atoms with Gasteiger partial charge in [-0.3, -0.25) is 4.79 Å². The van der Waals surface area contributed by atoms with E-state index in [1.54, 1.807) is 10.6 Å². The van der Waals surface area contributed by atoms with E-state index in [0.717, 1.165) is 27.8 Å². The highest BCUT2D eigenvalue weighted by molar-refractivity contribution is 5.89.